The maximum absolute atomic E-state index is 13.6. The van der Waals surface area contributed by atoms with Gasteiger partial charge in [0.15, 0.2) is 0 Å². The number of rotatable bonds is 5. The van der Waals surface area contributed by atoms with Gasteiger partial charge in [0.1, 0.15) is 11.6 Å². The Balaban J connectivity index is 1.14. The predicted octanol–water partition coefficient (Wildman–Crippen LogP) is 7.95. The van der Waals surface area contributed by atoms with Gasteiger partial charge in [0.25, 0.3) is 0 Å². The minimum Gasteiger partial charge on any atom is -0.374 e. The van der Waals surface area contributed by atoms with Crippen molar-refractivity contribution in [1.82, 2.24) is 0 Å². The van der Waals surface area contributed by atoms with Crippen LogP contribution < -0.4 is 0 Å². The standard InChI is InChI=1S/C34H56O4/c1-33(2,3)25-13-7-21(8-14-25)31(35)23-11-17-29-27(19-23)28-20-24(12-18-30(28)37-29)32(36)22-9-15-26(16-10-22)38-34(4,5)6/h21-30H,7-20H2,1-6H3. The Labute approximate surface area is 232 Å². The highest BCUT2D eigenvalue weighted by atomic mass is 16.5. The first-order chi connectivity index (χ1) is 17.9. The van der Waals surface area contributed by atoms with Crippen molar-refractivity contribution >= 4 is 11.6 Å². The molecule has 4 aliphatic carbocycles. The Kier molecular flexibility index (Phi) is 8.53. The molecule has 0 radical (unpaired) electrons. The van der Waals surface area contributed by atoms with Crippen LogP contribution in [-0.4, -0.2) is 35.5 Å². The van der Waals surface area contributed by atoms with Crippen LogP contribution in [0.1, 0.15) is 131 Å². The van der Waals surface area contributed by atoms with Gasteiger partial charge in [-0.05, 0) is 134 Å². The second-order valence-corrected chi connectivity index (χ2v) is 16.0. The smallest absolute Gasteiger partial charge is 0.139 e. The van der Waals surface area contributed by atoms with Crippen LogP contribution in [-0.2, 0) is 19.1 Å². The lowest BCUT2D eigenvalue weighted by Crippen LogP contribution is -2.39. The van der Waals surface area contributed by atoms with E-state index in [4.69, 9.17) is 9.47 Å². The van der Waals surface area contributed by atoms with Crippen LogP contribution in [0, 0.1) is 46.8 Å². The van der Waals surface area contributed by atoms with Crippen molar-refractivity contribution in [3.8, 4) is 0 Å². The van der Waals surface area contributed by atoms with Gasteiger partial charge in [-0.25, -0.2) is 0 Å². The molecule has 0 aromatic carbocycles. The van der Waals surface area contributed by atoms with Crippen molar-refractivity contribution in [3.05, 3.63) is 0 Å². The molecule has 0 N–H and O–H groups in total. The highest BCUT2D eigenvalue weighted by Gasteiger charge is 2.51. The molecule has 1 aliphatic heterocycles. The molecule has 1 heterocycles. The SMILES string of the molecule is CC(C)(C)OC1CCC(C(=O)C2CCC3OC4CCC(C(=O)C5CCC(C(C)(C)C)CC5)CC4C3C2)CC1. The number of fused-ring (bicyclic) bond motifs is 3. The summed E-state index contributed by atoms with van der Waals surface area (Å²) < 4.78 is 12.8. The first-order valence-corrected chi connectivity index (χ1v) is 16.3. The topological polar surface area (TPSA) is 52.6 Å². The number of carbonyl (C=O) groups excluding carboxylic acids is 2. The molecular weight excluding hydrogens is 472 g/mol. The number of hydrogen-bond acceptors (Lipinski definition) is 4. The second kappa shape index (κ2) is 11.3. The summed E-state index contributed by atoms with van der Waals surface area (Å²) in [4.78, 5) is 27.3. The van der Waals surface area contributed by atoms with E-state index in [2.05, 4.69) is 41.5 Å². The minimum atomic E-state index is -0.107. The van der Waals surface area contributed by atoms with E-state index in [0.717, 1.165) is 83.0 Å². The zero-order valence-corrected chi connectivity index (χ0v) is 25.3. The van der Waals surface area contributed by atoms with Crippen molar-refractivity contribution in [3.63, 3.8) is 0 Å². The first-order valence-electron chi connectivity index (χ1n) is 16.3. The summed E-state index contributed by atoms with van der Waals surface area (Å²) in [7, 11) is 0. The summed E-state index contributed by atoms with van der Waals surface area (Å²) in [6.45, 7) is 13.4. The fourth-order valence-electron chi connectivity index (χ4n) is 9.21. The zero-order valence-electron chi connectivity index (χ0n) is 25.3. The quantitative estimate of drug-likeness (QED) is 0.363. The minimum absolute atomic E-state index is 0.107. The molecule has 5 aliphatic rings. The van der Waals surface area contributed by atoms with Crippen LogP contribution in [0.2, 0.25) is 0 Å². The molecule has 0 aromatic rings. The number of Topliss-reactive ketones (excluding diaryl/α,β-unsaturated/α-hetero) is 2. The highest BCUT2D eigenvalue weighted by molar-refractivity contribution is 5.84. The molecule has 0 amide bonds. The maximum atomic E-state index is 13.6. The zero-order chi connectivity index (χ0) is 27.2. The molecular formula is C34H56O4. The van der Waals surface area contributed by atoms with Gasteiger partial charge in [-0.1, -0.05) is 20.8 Å². The van der Waals surface area contributed by atoms with Crippen molar-refractivity contribution in [1.29, 1.82) is 0 Å². The average Bonchev–Trinajstić information content (AvgIpc) is 3.24. The van der Waals surface area contributed by atoms with Gasteiger partial charge < -0.3 is 9.47 Å². The number of ether oxygens (including phenoxy) is 2. The van der Waals surface area contributed by atoms with Crippen molar-refractivity contribution < 1.29 is 19.1 Å². The fourth-order valence-corrected chi connectivity index (χ4v) is 9.21. The van der Waals surface area contributed by atoms with E-state index in [1.54, 1.807) is 0 Å². The lowest BCUT2D eigenvalue weighted by molar-refractivity contribution is -0.133. The molecule has 6 unspecified atom stereocenters. The number of carbonyl (C=O) groups is 2. The Morgan fingerprint density at radius 1 is 0.579 bits per heavy atom. The first kappa shape index (κ1) is 28.8. The van der Waals surface area contributed by atoms with Crippen LogP contribution in [0.3, 0.4) is 0 Å². The molecule has 4 nitrogen and oxygen atoms in total. The van der Waals surface area contributed by atoms with E-state index in [0.29, 0.717) is 47.1 Å². The molecule has 38 heavy (non-hydrogen) atoms. The van der Waals surface area contributed by atoms with Crippen molar-refractivity contribution in [2.24, 2.45) is 46.8 Å². The molecule has 0 aromatic heterocycles. The summed E-state index contributed by atoms with van der Waals surface area (Å²) in [5.74, 6) is 3.75. The monoisotopic (exact) mass is 528 g/mol. The van der Waals surface area contributed by atoms with Crippen LogP contribution in [0.5, 0.6) is 0 Å². The van der Waals surface area contributed by atoms with Crippen LogP contribution in [0.4, 0.5) is 0 Å². The summed E-state index contributed by atoms with van der Waals surface area (Å²) in [6, 6.07) is 0. The van der Waals surface area contributed by atoms with E-state index in [1.807, 2.05) is 0 Å². The molecule has 5 fully saturated rings. The Bertz CT molecular complexity index is 834. The lowest BCUT2D eigenvalue weighted by atomic mass is 9.63. The van der Waals surface area contributed by atoms with Crippen molar-refractivity contribution in [2.75, 3.05) is 0 Å². The largest absolute Gasteiger partial charge is 0.374 e. The van der Waals surface area contributed by atoms with Gasteiger partial charge in [-0.2, -0.15) is 0 Å². The van der Waals surface area contributed by atoms with Gasteiger partial charge >= 0.3 is 0 Å². The highest BCUT2D eigenvalue weighted by Crippen LogP contribution is 2.52. The normalized spacial score (nSPS) is 42.3. The van der Waals surface area contributed by atoms with Crippen LogP contribution in [0.15, 0.2) is 0 Å². The molecule has 5 rings (SSSR count). The number of hydrogen-bond donors (Lipinski definition) is 0. The van der Waals surface area contributed by atoms with Gasteiger partial charge in [-0.3, -0.25) is 9.59 Å². The molecule has 216 valence electrons. The molecule has 1 saturated heterocycles. The Morgan fingerprint density at radius 3 is 1.42 bits per heavy atom. The fraction of sp³-hybridized carbons (Fsp3) is 0.941. The summed E-state index contributed by atoms with van der Waals surface area (Å²) in [5, 5.41) is 0. The molecule has 4 heteroatoms. The third kappa shape index (κ3) is 6.42. The third-order valence-corrected chi connectivity index (χ3v) is 11.3. The van der Waals surface area contributed by atoms with Crippen molar-refractivity contribution in [2.45, 2.75) is 155 Å². The third-order valence-electron chi connectivity index (χ3n) is 11.3. The van der Waals surface area contributed by atoms with E-state index < -0.39 is 0 Å². The molecule has 0 spiro atoms. The summed E-state index contributed by atoms with van der Waals surface area (Å²) >= 11 is 0. The van der Waals surface area contributed by atoms with E-state index in [-0.39, 0.29) is 29.3 Å². The second-order valence-electron chi connectivity index (χ2n) is 16.0. The average molecular weight is 529 g/mol. The maximum Gasteiger partial charge on any atom is 0.139 e. The Morgan fingerprint density at radius 2 is 1.00 bits per heavy atom. The Hall–Kier alpha value is -0.740. The van der Waals surface area contributed by atoms with Gasteiger partial charge in [0.2, 0.25) is 0 Å². The molecule has 0 bridgehead atoms. The van der Waals surface area contributed by atoms with Gasteiger partial charge in [-0.15, -0.1) is 0 Å². The van der Waals surface area contributed by atoms with Gasteiger partial charge in [0.05, 0.1) is 23.9 Å². The van der Waals surface area contributed by atoms with Crippen LogP contribution >= 0.6 is 0 Å². The van der Waals surface area contributed by atoms with E-state index in [1.165, 1.54) is 12.8 Å². The van der Waals surface area contributed by atoms with Crippen LogP contribution in [0.25, 0.3) is 0 Å². The number of ketones is 2. The van der Waals surface area contributed by atoms with Gasteiger partial charge in [0, 0.05) is 23.7 Å². The summed E-state index contributed by atoms with van der Waals surface area (Å²) in [5.41, 5.74) is 0.251. The summed E-state index contributed by atoms with van der Waals surface area (Å²) in [6.07, 6.45) is 15.7. The molecule has 6 atom stereocenters. The predicted molar refractivity (Wildman–Crippen MR) is 152 cm³/mol. The van der Waals surface area contributed by atoms with E-state index >= 15 is 0 Å². The lowest BCUT2D eigenvalue weighted by Gasteiger charge is -2.40. The molecule has 4 saturated carbocycles. The van der Waals surface area contributed by atoms with E-state index in [9.17, 15) is 9.59 Å².